The fourth-order valence-electron chi connectivity index (χ4n) is 4.31. The number of hydroxylamine groups is 1. The number of anilines is 2. The van der Waals surface area contributed by atoms with Crippen LogP contribution in [0.5, 0.6) is 5.75 Å². The minimum absolute atomic E-state index is 0.0348. The summed E-state index contributed by atoms with van der Waals surface area (Å²) in [6.07, 6.45) is -0.975. The lowest BCUT2D eigenvalue weighted by Crippen LogP contribution is -2.37. The van der Waals surface area contributed by atoms with Crippen molar-refractivity contribution in [1.82, 2.24) is 0 Å². The van der Waals surface area contributed by atoms with E-state index in [2.05, 4.69) is 15.9 Å². The molecular formula is C24H19BrN2O4. The van der Waals surface area contributed by atoms with Crippen LogP contribution in [0.3, 0.4) is 0 Å². The third-order valence-corrected chi connectivity index (χ3v) is 6.19. The van der Waals surface area contributed by atoms with Gasteiger partial charge >= 0.3 is 0 Å². The highest BCUT2D eigenvalue weighted by atomic mass is 79.9. The summed E-state index contributed by atoms with van der Waals surface area (Å²) in [5.41, 5.74) is 2.68. The molecule has 2 aliphatic heterocycles. The third-order valence-electron chi connectivity index (χ3n) is 5.69. The quantitative estimate of drug-likeness (QED) is 0.560. The van der Waals surface area contributed by atoms with Gasteiger partial charge in [-0.05, 0) is 55.0 Å². The van der Waals surface area contributed by atoms with Crippen LogP contribution in [0, 0.1) is 12.8 Å². The normalized spacial score (nSPS) is 22.8. The van der Waals surface area contributed by atoms with E-state index in [9.17, 15) is 14.7 Å². The summed E-state index contributed by atoms with van der Waals surface area (Å²) in [6.45, 7) is 1.91. The van der Waals surface area contributed by atoms with E-state index in [4.69, 9.17) is 4.84 Å². The predicted octanol–water partition coefficient (Wildman–Crippen LogP) is 4.51. The molecule has 0 spiro atoms. The molecule has 3 aromatic rings. The van der Waals surface area contributed by atoms with E-state index in [1.165, 1.54) is 4.90 Å². The molecule has 0 radical (unpaired) electrons. The Balaban J connectivity index is 1.63. The first-order chi connectivity index (χ1) is 15.0. The number of imide groups is 1. The number of carbonyl (C=O) groups excluding carboxylic acids is 2. The van der Waals surface area contributed by atoms with Crippen molar-refractivity contribution in [2.45, 2.75) is 19.1 Å². The second-order valence-electron chi connectivity index (χ2n) is 7.71. The summed E-state index contributed by atoms with van der Waals surface area (Å²) in [5.74, 6) is -1.51. The Morgan fingerprint density at radius 1 is 0.903 bits per heavy atom. The van der Waals surface area contributed by atoms with Crippen LogP contribution >= 0.6 is 15.9 Å². The Bertz CT molecular complexity index is 1180. The van der Waals surface area contributed by atoms with Crippen molar-refractivity contribution in [2.24, 2.45) is 5.92 Å². The topological polar surface area (TPSA) is 70.1 Å². The van der Waals surface area contributed by atoms with Crippen molar-refractivity contribution in [3.05, 3.63) is 88.4 Å². The van der Waals surface area contributed by atoms with Gasteiger partial charge < -0.3 is 5.11 Å². The van der Waals surface area contributed by atoms with Crippen LogP contribution in [-0.2, 0) is 14.4 Å². The smallest absolute Gasteiger partial charge is 0.266 e. The fraction of sp³-hybridized carbons (Fsp3) is 0.167. The molecule has 7 heteroatoms. The SMILES string of the molecule is Cc1cccc(N2C(=O)[C@@H]3[C@@H](ON(c4ccccc4)[C@H]3c3cc(Br)ccc3O)C2=O)c1. The number of amides is 2. The van der Waals surface area contributed by atoms with Gasteiger partial charge in [0.15, 0.2) is 6.10 Å². The maximum Gasteiger partial charge on any atom is 0.266 e. The number of aromatic hydroxyl groups is 1. The molecule has 0 aliphatic carbocycles. The van der Waals surface area contributed by atoms with Gasteiger partial charge in [-0.25, -0.2) is 9.96 Å². The van der Waals surface area contributed by atoms with Crippen molar-refractivity contribution in [3.8, 4) is 5.75 Å². The largest absolute Gasteiger partial charge is 0.508 e. The van der Waals surface area contributed by atoms with Gasteiger partial charge in [0.05, 0.1) is 17.4 Å². The highest BCUT2D eigenvalue weighted by molar-refractivity contribution is 9.10. The van der Waals surface area contributed by atoms with Crippen LogP contribution < -0.4 is 9.96 Å². The Morgan fingerprint density at radius 2 is 1.65 bits per heavy atom. The zero-order valence-corrected chi connectivity index (χ0v) is 18.2. The molecule has 0 aromatic heterocycles. The number of phenols is 1. The van der Waals surface area contributed by atoms with Gasteiger partial charge in [0.1, 0.15) is 11.7 Å². The first kappa shape index (κ1) is 19.8. The number of hydrogen-bond donors (Lipinski definition) is 1. The average molecular weight is 479 g/mol. The molecule has 0 saturated carbocycles. The Labute approximate surface area is 187 Å². The molecule has 3 atom stereocenters. The first-order valence-corrected chi connectivity index (χ1v) is 10.7. The predicted molar refractivity (Wildman–Crippen MR) is 120 cm³/mol. The number of hydrogen-bond acceptors (Lipinski definition) is 5. The van der Waals surface area contributed by atoms with Crippen molar-refractivity contribution >= 4 is 39.1 Å². The van der Waals surface area contributed by atoms with E-state index in [0.29, 0.717) is 16.9 Å². The van der Waals surface area contributed by atoms with Gasteiger partial charge in [0.25, 0.3) is 5.91 Å². The maximum absolute atomic E-state index is 13.6. The second-order valence-corrected chi connectivity index (χ2v) is 8.63. The summed E-state index contributed by atoms with van der Waals surface area (Å²) in [6, 6.07) is 20.9. The number of rotatable bonds is 3. The number of nitrogens with zero attached hydrogens (tertiary/aromatic N) is 2. The Morgan fingerprint density at radius 3 is 2.39 bits per heavy atom. The molecule has 0 bridgehead atoms. The lowest BCUT2D eigenvalue weighted by molar-refractivity contribution is -0.126. The summed E-state index contributed by atoms with van der Waals surface area (Å²) < 4.78 is 0.754. The zero-order chi connectivity index (χ0) is 21.7. The fourth-order valence-corrected chi connectivity index (χ4v) is 4.69. The van der Waals surface area contributed by atoms with Crippen LogP contribution in [0.2, 0.25) is 0 Å². The molecule has 3 aromatic carbocycles. The molecular weight excluding hydrogens is 460 g/mol. The lowest BCUT2D eigenvalue weighted by atomic mass is 9.90. The molecule has 31 heavy (non-hydrogen) atoms. The van der Waals surface area contributed by atoms with E-state index in [0.717, 1.165) is 10.0 Å². The summed E-state index contributed by atoms with van der Waals surface area (Å²) in [7, 11) is 0. The van der Waals surface area contributed by atoms with Crippen LogP contribution in [0.1, 0.15) is 17.2 Å². The third kappa shape index (κ3) is 3.21. The average Bonchev–Trinajstić information content (AvgIpc) is 3.26. The molecule has 2 amide bonds. The highest BCUT2D eigenvalue weighted by Gasteiger charge is 2.60. The van der Waals surface area contributed by atoms with E-state index < -0.39 is 24.0 Å². The number of benzene rings is 3. The van der Waals surface area contributed by atoms with Gasteiger partial charge in [-0.3, -0.25) is 14.4 Å². The van der Waals surface area contributed by atoms with Gasteiger partial charge in [0, 0.05) is 10.0 Å². The summed E-state index contributed by atoms with van der Waals surface area (Å²) in [5, 5.41) is 12.2. The molecule has 0 unspecified atom stereocenters. The van der Waals surface area contributed by atoms with E-state index >= 15 is 0 Å². The molecule has 5 rings (SSSR count). The van der Waals surface area contributed by atoms with Crippen molar-refractivity contribution in [3.63, 3.8) is 0 Å². The number of para-hydroxylation sites is 1. The van der Waals surface area contributed by atoms with Gasteiger partial charge in [0.2, 0.25) is 5.91 Å². The summed E-state index contributed by atoms with van der Waals surface area (Å²) >= 11 is 3.44. The Kier molecular flexibility index (Phi) is 4.79. The number of halogens is 1. The molecule has 2 fully saturated rings. The second kappa shape index (κ2) is 7.51. The van der Waals surface area contributed by atoms with Crippen LogP contribution in [-0.4, -0.2) is 23.0 Å². The number of fused-ring (bicyclic) bond motifs is 1. The number of aryl methyl sites for hydroxylation is 1. The molecule has 2 saturated heterocycles. The van der Waals surface area contributed by atoms with Crippen LogP contribution in [0.25, 0.3) is 0 Å². The highest BCUT2D eigenvalue weighted by Crippen LogP contribution is 2.49. The van der Waals surface area contributed by atoms with Crippen LogP contribution in [0.4, 0.5) is 11.4 Å². The monoisotopic (exact) mass is 478 g/mol. The number of carbonyl (C=O) groups is 2. The van der Waals surface area contributed by atoms with E-state index in [1.807, 2.05) is 49.4 Å². The van der Waals surface area contributed by atoms with Gasteiger partial charge in [-0.15, -0.1) is 0 Å². The molecule has 2 aliphatic rings. The van der Waals surface area contributed by atoms with Crippen molar-refractivity contribution < 1.29 is 19.5 Å². The van der Waals surface area contributed by atoms with E-state index in [1.54, 1.807) is 35.4 Å². The Hall–Kier alpha value is -3.16. The molecule has 6 nitrogen and oxygen atoms in total. The van der Waals surface area contributed by atoms with Crippen LogP contribution in [0.15, 0.2) is 77.3 Å². The van der Waals surface area contributed by atoms with Gasteiger partial charge in [-0.1, -0.05) is 46.3 Å². The number of phenolic OH excluding ortho intramolecular Hbond substituents is 1. The van der Waals surface area contributed by atoms with Crippen molar-refractivity contribution in [2.75, 3.05) is 9.96 Å². The molecule has 156 valence electrons. The maximum atomic E-state index is 13.6. The standard InChI is InChI=1S/C24H19BrN2O4/c1-14-6-5-9-17(12-14)26-23(29)20-21(18-13-15(25)10-11-19(18)28)27(31-22(20)24(26)30)16-7-3-2-4-8-16/h2-13,20-22,28H,1H3/t20-,21-,22+/m0/s1. The summed E-state index contributed by atoms with van der Waals surface area (Å²) in [4.78, 5) is 34.2. The molecule has 1 N–H and O–H groups in total. The lowest BCUT2D eigenvalue weighted by Gasteiger charge is -2.29. The van der Waals surface area contributed by atoms with Gasteiger partial charge in [-0.2, -0.15) is 0 Å². The zero-order valence-electron chi connectivity index (χ0n) is 16.6. The first-order valence-electron chi connectivity index (χ1n) is 9.89. The minimum Gasteiger partial charge on any atom is -0.508 e. The minimum atomic E-state index is -0.975. The molecule has 2 heterocycles. The van der Waals surface area contributed by atoms with Crippen molar-refractivity contribution in [1.29, 1.82) is 0 Å². The van der Waals surface area contributed by atoms with E-state index in [-0.39, 0.29) is 11.7 Å².